The molecule has 1 aliphatic carbocycles. The normalized spacial score (nSPS) is 17.9. The maximum absolute atomic E-state index is 11.6. The fraction of sp³-hybridized carbons (Fsp3) is 0.214. The summed E-state index contributed by atoms with van der Waals surface area (Å²) in [5.74, 6) is 2.56. The minimum Gasteiger partial charge on any atom is -0.439 e. The number of nitrogens with zero attached hydrogens (tertiary/aromatic N) is 4. The van der Waals surface area contributed by atoms with Crippen LogP contribution in [0.15, 0.2) is 73.1 Å². The Hall–Kier alpha value is -4.46. The molecule has 36 heavy (non-hydrogen) atoms. The van der Waals surface area contributed by atoms with Crippen molar-refractivity contribution in [3.05, 3.63) is 78.9 Å². The number of hydrogen-bond acceptors (Lipinski definition) is 6. The number of carbonyl (C=O) groups excluding carboxylic acids is 1. The van der Waals surface area contributed by atoms with Crippen LogP contribution in [0.25, 0.3) is 27.7 Å². The zero-order chi connectivity index (χ0) is 24.6. The largest absolute Gasteiger partial charge is 0.439 e. The number of nitrogens with two attached hydrogens (primary N) is 2. The number of nitrogen functional groups attached to an aromatic ring is 1. The van der Waals surface area contributed by atoms with Gasteiger partial charge in [0.05, 0.1) is 5.52 Å². The summed E-state index contributed by atoms with van der Waals surface area (Å²) in [6, 6.07) is 19.5. The number of rotatable bonds is 5. The average Bonchev–Trinajstić information content (AvgIpc) is 3.30. The van der Waals surface area contributed by atoms with Gasteiger partial charge in [-0.1, -0.05) is 30.3 Å². The summed E-state index contributed by atoms with van der Waals surface area (Å²) in [4.78, 5) is 25.8. The first-order valence-corrected chi connectivity index (χ1v) is 12.1. The number of primary amides is 1. The van der Waals surface area contributed by atoms with Crippen LogP contribution in [-0.4, -0.2) is 25.3 Å². The van der Waals surface area contributed by atoms with Crippen molar-refractivity contribution < 1.29 is 9.53 Å². The van der Waals surface area contributed by atoms with E-state index in [-0.39, 0.29) is 17.7 Å². The maximum Gasteiger partial charge on any atom is 0.220 e. The number of para-hydroxylation sites is 1. The summed E-state index contributed by atoms with van der Waals surface area (Å²) in [6.45, 7) is 0. The van der Waals surface area contributed by atoms with Crippen molar-refractivity contribution in [2.24, 2.45) is 11.7 Å². The summed E-state index contributed by atoms with van der Waals surface area (Å²) in [5.41, 5.74) is 15.1. The van der Waals surface area contributed by atoms with E-state index in [2.05, 4.69) is 4.98 Å². The van der Waals surface area contributed by atoms with Crippen LogP contribution in [0.2, 0.25) is 0 Å². The highest BCUT2D eigenvalue weighted by Crippen LogP contribution is 2.39. The smallest absolute Gasteiger partial charge is 0.220 e. The van der Waals surface area contributed by atoms with Crippen LogP contribution in [0.3, 0.4) is 0 Å². The Labute approximate surface area is 208 Å². The first-order valence-electron chi connectivity index (χ1n) is 12.1. The first kappa shape index (κ1) is 22.0. The molecule has 5 aromatic rings. The van der Waals surface area contributed by atoms with E-state index in [0.29, 0.717) is 11.7 Å². The third-order valence-electron chi connectivity index (χ3n) is 7.01. The number of imidazole rings is 1. The Balaban J connectivity index is 1.40. The summed E-state index contributed by atoms with van der Waals surface area (Å²) < 4.78 is 7.98. The molecule has 1 aliphatic rings. The summed E-state index contributed by atoms with van der Waals surface area (Å²) >= 11 is 0. The molecule has 1 fully saturated rings. The van der Waals surface area contributed by atoms with E-state index in [1.165, 1.54) is 0 Å². The Kier molecular flexibility index (Phi) is 5.48. The fourth-order valence-corrected chi connectivity index (χ4v) is 5.12. The second-order valence-electron chi connectivity index (χ2n) is 9.27. The number of anilines is 1. The van der Waals surface area contributed by atoms with Crippen molar-refractivity contribution in [3.63, 3.8) is 0 Å². The number of ether oxygens (including phenoxy) is 1. The van der Waals surface area contributed by atoms with Gasteiger partial charge in [-0.25, -0.2) is 15.0 Å². The molecule has 3 aromatic heterocycles. The average molecular weight is 479 g/mol. The quantitative estimate of drug-likeness (QED) is 0.363. The van der Waals surface area contributed by atoms with E-state index >= 15 is 0 Å². The molecule has 0 saturated heterocycles. The molecule has 4 N–H and O–H groups in total. The fourth-order valence-electron chi connectivity index (χ4n) is 5.12. The van der Waals surface area contributed by atoms with E-state index in [1.54, 1.807) is 6.20 Å². The Morgan fingerprint density at radius 3 is 2.53 bits per heavy atom. The highest BCUT2D eigenvalue weighted by atomic mass is 16.5. The van der Waals surface area contributed by atoms with Gasteiger partial charge < -0.3 is 16.2 Å². The Morgan fingerprint density at radius 1 is 0.972 bits per heavy atom. The lowest BCUT2D eigenvalue weighted by atomic mass is 9.81. The topological polar surface area (TPSA) is 121 Å². The molecule has 0 unspecified atom stereocenters. The van der Waals surface area contributed by atoms with Crippen molar-refractivity contribution in [2.75, 3.05) is 5.73 Å². The van der Waals surface area contributed by atoms with Crippen LogP contribution in [0.5, 0.6) is 11.6 Å². The van der Waals surface area contributed by atoms with E-state index < -0.39 is 0 Å². The van der Waals surface area contributed by atoms with Gasteiger partial charge in [-0.05, 0) is 49.9 Å². The molecule has 8 nitrogen and oxygen atoms in total. The molecule has 2 aromatic carbocycles. The van der Waals surface area contributed by atoms with Gasteiger partial charge in [0.1, 0.15) is 28.6 Å². The van der Waals surface area contributed by atoms with E-state index in [0.717, 1.165) is 64.9 Å². The molecule has 0 bridgehead atoms. The standard InChI is InChI=1S/C28H26N6O2/c29-26-25-24(33-28(34(25)15-14-31-26)19-9-7-18(8-10-19)27(30)35)20-11-6-17-12-13-23(32-22(17)16-20)36-21-4-2-1-3-5-21/h1-6,11-16,18-19H,7-10H2,(H2,29,31)(H2,30,35). The number of fused-ring (bicyclic) bond motifs is 2. The number of amides is 1. The van der Waals surface area contributed by atoms with Crippen LogP contribution >= 0.6 is 0 Å². The molecule has 1 saturated carbocycles. The lowest BCUT2D eigenvalue weighted by molar-refractivity contribution is -0.122. The van der Waals surface area contributed by atoms with Crippen molar-refractivity contribution in [2.45, 2.75) is 31.6 Å². The van der Waals surface area contributed by atoms with Gasteiger partial charge >= 0.3 is 0 Å². The van der Waals surface area contributed by atoms with Crippen molar-refractivity contribution in [3.8, 4) is 22.9 Å². The van der Waals surface area contributed by atoms with Gasteiger partial charge in [-0.15, -0.1) is 0 Å². The number of hydrogen-bond donors (Lipinski definition) is 2. The summed E-state index contributed by atoms with van der Waals surface area (Å²) in [5, 5.41) is 0.999. The third-order valence-corrected chi connectivity index (χ3v) is 7.01. The molecular formula is C28H26N6O2. The second-order valence-corrected chi connectivity index (χ2v) is 9.27. The predicted molar refractivity (Wildman–Crippen MR) is 139 cm³/mol. The first-order chi connectivity index (χ1) is 17.6. The molecule has 180 valence electrons. The minimum absolute atomic E-state index is 0.0578. The third kappa shape index (κ3) is 4.00. The molecule has 8 heteroatoms. The van der Waals surface area contributed by atoms with E-state index in [9.17, 15) is 4.79 Å². The zero-order valence-electron chi connectivity index (χ0n) is 19.7. The van der Waals surface area contributed by atoms with Gasteiger partial charge in [0.15, 0.2) is 0 Å². The van der Waals surface area contributed by atoms with Crippen LogP contribution in [0.4, 0.5) is 5.82 Å². The van der Waals surface area contributed by atoms with Gasteiger partial charge in [0.25, 0.3) is 0 Å². The number of benzene rings is 2. The van der Waals surface area contributed by atoms with Crippen LogP contribution < -0.4 is 16.2 Å². The zero-order valence-corrected chi connectivity index (χ0v) is 19.7. The van der Waals surface area contributed by atoms with Gasteiger partial charge in [-0.3, -0.25) is 9.20 Å². The Morgan fingerprint density at radius 2 is 1.75 bits per heavy atom. The van der Waals surface area contributed by atoms with Crippen LogP contribution in [0, 0.1) is 5.92 Å². The van der Waals surface area contributed by atoms with Crippen molar-refractivity contribution >= 4 is 28.1 Å². The van der Waals surface area contributed by atoms with Crippen molar-refractivity contribution in [1.82, 2.24) is 19.4 Å². The molecule has 6 rings (SSSR count). The number of pyridine rings is 1. The highest BCUT2D eigenvalue weighted by Gasteiger charge is 2.29. The second kappa shape index (κ2) is 8.96. The predicted octanol–water partition coefficient (Wildman–Crippen LogP) is 5.08. The van der Waals surface area contributed by atoms with Gasteiger partial charge in [0.2, 0.25) is 11.8 Å². The number of carbonyl (C=O) groups is 1. The number of aromatic nitrogens is 4. The lowest BCUT2D eigenvalue weighted by Crippen LogP contribution is -2.27. The molecule has 1 amide bonds. The molecular weight excluding hydrogens is 452 g/mol. The van der Waals surface area contributed by atoms with Crippen LogP contribution in [0.1, 0.15) is 37.4 Å². The lowest BCUT2D eigenvalue weighted by Gasteiger charge is -2.25. The van der Waals surface area contributed by atoms with Gasteiger partial charge in [0, 0.05) is 41.2 Å². The molecule has 0 aliphatic heterocycles. The molecule has 0 atom stereocenters. The molecule has 3 heterocycles. The van der Waals surface area contributed by atoms with Crippen molar-refractivity contribution in [1.29, 1.82) is 0 Å². The van der Waals surface area contributed by atoms with E-state index in [1.807, 2.05) is 71.3 Å². The summed E-state index contributed by atoms with van der Waals surface area (Å²) in [7, 11) is 0. The molecule has 0 spiro atoms. The van der Waals surface area contributed by atoms with E-state index in [4.69, 9.17) is 26.2 Å². The Bertz CT molecular complexity index is 1570. The molecule has 0 radical (unpaired) electrons. The summed E-state index contributed by atoms with van der Waals surface area (Å²) in [6.07, 6.45) is 6.86. The maximum atomic E-state index is 11.6. The monoisotopic (exact) mass is 478 g/mol. The SMILES string of the molecule is NC(=O)C1CCC(c2nc(-c3ccc4ccc(Oc5ccccc5)nc4c3)c3c(N)nccn23)CC1. The minimum atomic E-state index is -0.213. The highest BCUT2D eigenvalue weighted by molar-refractivity contribution is 5.90. The van der Waals surface area contributed by atoms with Crippen LogP contribution in [-0.2, 0) is 4.79 Å². The van der Waals surface area contributed by atoms with Gasteiger partial charge in [-0.2, -0.15) is 0 Å².